The van der Waals surface area contributed by atoms with Gasteiger partial charge in [-0.25, -0.2) is 0 Å². The Hall–Kier alpha value is -1.49. The van der Waals surface area contributed by atoms with Gasteiger partial charge in [0.2, 0.25) is 0 Å². The molecule has 0 saturated carbocycles. The number of nitrogens with one attached hydrogen (secondary N) is 2. The van der Waals surface area contributed by atoms with Crippen molar-refractivity contribution in [1.82, 2.24) is 5.32 Å². The van der Waals surface area contributed by atoms with E-state index in [-0.39, 0.29) is 0 Å². The Balaban J connectivity index is 2.78. The Bertz CT molecular complexity index is 436. The van der Waals surface area contributed by atoms with E-state index in [4.69, 9.17) is 21.7 Å². The third-order valence-corrected chi connectivity index (χ3v) is 2.73. The second-order valence-electron chi connectivity index (χ2n) is 4.75. The van der Waals surface area contributed by atoms with Crippen molar-refractivity contribution in [3.63, 3.8) is 0 Å². The number of anilines is 1. The predicted molar refractivity (Wildman–Crippen MR) is 87.8 cm³/mol. The molecule has 0 fully saturated rings. The van der Waals surface area contributed by atoms with Crippen molar-refractivity contribution in [2.75, 3.05) is 25.1 Å². The molecule has 0 unspecified atom stereocenters. The summed E-state index contributed by atoms with van der Waals surface area (Å²) < 4.78 is 11.1. The molecule has 5 heteroatoms. The van der Waals surface area contributed by atoms with Crippen molar-refractivity contribution >= 4 is 23.0 Å². The third-order valence-electron chi connectivity index (χ3n) is 2.48. The van der Waals surface area contributed by atoms with E-state index in [0.29, 0.717) is 24.2 Å². The molecule has 112 valence electrons. The van der Waals surface area contributed by atoms with Crippen LogP contribution in [0.2, 0.25) is 0 Å². The minimum Gasteiger partial charge on any atom is -0.494 e. The summed E-state index contributed by atoms with van der Waals surface area (Å²) in [5.41, 5.74) is 0.819. The molecule has 20 heavy (non-hydrogen) atoms. The molecule has 0 aromatic heterocycles. The summed E-state index contributed by atoms with van der Waals surface area (Å²) >= 11 is 5.29. The van der Waals surface area contributed by atoms with Gasteiger partial charge in [0.15, 0.2) is 5.11 Å². The Labute approximate surface area is 126 Å². The molecule has 1 aromatic carbocycles. The summed E-state index contributed by atoms with van der Waals surface area (Å²) in [6.45, 7) is 10.3. The fourth-order valence-corrected chi connectivity index (χ4v) is 1.80. The molecule has 4 nitrogen and oxygen atoms in total. The summed E-state index contributed by atoms with van der Waals surface area (Å²) in [7, 11) is 0. The standard InChI is InChI=1S/C15H24N2O2S/c1-5-18-12-7-8-14(19-6-2)13(9-12)17-15(20)16-10-11(3)4/h7-9,11H,5-6,10H2,1-4H3,(H2,16,17,20). The van der Waals surface area contributed by atoms with Gasteiger partial charge in [-0.05, 0) is 44.1 Å². The minimum atomic E-state index is 0.538. The molecule has 1 rings (SSSR count). The van der Waals surface area contributed by atoms with E-state index < -0.39 is 0 Å². The van der Waals surface area contributed by atoms with E-state index in [2.05, 4.69) is 24.5 Å². The highest BCUT2D eigenvalue weighted by atomic mass is 32.1. The van der Waals surface area contributed by atoms with E-state index in [0.717, 1.165) is 23.7 Å². The maximum Gasteiger partial charge on any atom is 0.170 e. The number of hydrogen-bond acceptors (Lipinski definition) is 3. The summed E-state index contributed by atoms with van der Waals surface area (Å²) in [5.74, 6) is 2.10. The minimum absolute atomic E-state index is 0.538. The Morgan fingerprint density at radius 3 is 2.50 bits per heavy atom. The van der Waals surface area contributed by atoms with Crippen LogP contribution in [0.5, 0.6) is 11.5 Å². The molecular weight excluding hydrogens is 272 g/mol. The van der Waals surface area contributed by atoms with Crippen LogP contribution >= 0.6 is 12.2 Å². The van der Waals surface area contributed by atoms with Crippen molar-refractivity contribution in [3.05, 3.63) is 18.2 Å². The zero-order chi connectivity index (χ0) is 15.0. The van der Waals surface area contributed by atoms with Gasteiger partial charge in [-0.1, -0.05) is 13.8 Å². The Morgan fingerprint density at radius 1 is 1.20 bits per heavy atom. The lowest BCUT2D eigenvalue weighted by Crippen LogP contribution is -2.31. The van der Waals surface area contributed by atoms with E-state index in [1.165, 1.54) is 0 Å². The van der Waals surface area contributed by atoms with Crippen molar-refractivity contribution in [3.8, 4) is 11.5 Å². The summed E-state index contributed by atoms with van der Waals surface area (Å²) in [6.07, 6.45) is 0. The fraction of sp³-hybridized carbons (Fsp3) is 0.533. The van der Waals surface area contributed by atoms with Crippen LogP contribution in [0.25, 0.3) is 0 Å². The average Bonchev–Trinajstić information content (AvgIpc) is 2.40. The topological polar surface area (TPSA) is 42.5 Å². The molecule has 0 amide bonds. The fourth-order valence-electron chi connectivity index (χ4n) is 1.61. The third kappa shape index (κ3) is 5.65. The molecule has 0 saturated heterocycles. The first-order valence-corrected chi connectivity index (χ1v) is 7.42. The van der Waals surface area contributed by atoms with Crippen molar-refractivity contribution in [2.45, 2.75) is 27.7 Å². The second kappa shape index (κ2) is 8.64. The van der Waals surface area contributed by atoms with Gasteiger partial charge >= 0.3 is 0 Å². The molecule has 0 aliphatic carbocycles. The number of hydrogen-bond donors (Lipinski definition) is 2. The van der Waals surface area contributed by atoms with Crippen LogP contribution in [0.15, 0.2) is 18.2 Å². The van der Waals surface area contributed by atoms with Gasteiger partial charge < -0.3 is 20.1 Å². The predicted octanol–water partition coefficient (Wildman–Crippen LogP) is 3.43. The monoisotopic (exact) mass is 296 g/mol. The molecular formula is C15H24N2O2S. The van der Waals surface area contributed by atoms with Gasteiger partial charge in [0, 0.05) is 12.6 Å². The maximum atomic E-state index is 5.59. The van der Waals surface area contributed by atoms with Gasteiger partial charge in [-0.2, -0.15) is 0 Å². The number of benzene rings is 1. The van der Waals surface area contributed by atoms with E-state index in [9.17, 15) is 0 Å². The average molecular weight is 296 g/mol. The maximum absolute atomic E-state index is 5.59. The van der Waals surface area contributed by atoms with E-state index >= 15 is 0 Å². The summed E-state index contributed by atoms with van der Waals surface area (Å²) in [6, 6.07) is 5.68. The van der Waals surface area contributed by atoms with Gasteiger partial charge in [0.25, 0.3) is 0 Å². The van der Waals surface area contributed by atoms with Crippen molar-refractivity contribution < 1.29 is 9.47 Å². The molecule has 0 aliphatic rings. The lowest BCUT2D eigenvalue weighted by molar-refractivity contribution is 0.332. The molecule has 0 atom stereocenters. The molecule has 0 spiro atoms. The lowest BCUT2D eigenvalue weighted by Gasteiger charge is -2.16. The molecule has 0 aliphatic heterocycles. The zero-order valence-corrected chi connectivity index (χ0v) is 13.5. The van der Waals surface area contributed by atoms with Gasteiger partial charge in [0.1, 0.15) is 11.5 Å². The van der Waals surface area contributed by atoms with Crippen LogP contribution in [0.1, 0.15) is 27.7 Å². The molecule has 1 aromatic rings. The summed E-state index contributed by atoms with van der Waals surface area (Å²) in [4.78, 5) is 0. The van der Waals surface area contributed by atoms with Crippen LogP contribution < -0.4 is 20.1 Å². The Morgan fingerprint density at radius 2 is 1.90 bits per heavy atom. The quantitative estimate of drug-likeness (QED) is 0.755. The largest absolute Gasteiger partial charge is 0.494 e. The van der Waals surface area contributed by atoms with Crippen molar-refractivity contribution in [1.29, 1.82) is 0 Å². The SMILES string of the molecule is CCOc1ccc(OCC)c(NC(=S)NCC(C)C)c1. The first kappa shape index (κ1) is 16.6. The van der Waals surface area contributed by atoms with Crippen LogP contribution in [-0.2, 0) is 0 Å². The molecule has 0 radical (unpaired) electrons. The highest BCUT2D eigenvalue weighted by Crippen LogP contribution is 2.29. The van der Waals surface area contributed by atoms with E-state index in [1.807, 2.05) is 32.0 Å². The van der Waals surface area contributed by atoms with Gasteiger partial charge in [0.05, 0.1) is 18.9 Å². The smallest absolute Gasteiger partial charge is 0.170 e. The second-order valence-corrected chi connectivity index (χ2v) is 5.16. The normalized spacial score (nSPS) is 10.2. The number of rotatable bonds is 7. The first-order chi connectivity index (χ1) is 9.56. The summed E-state index contributed by atoms with van der Waals surface area (Å²) in [5, 5.41) is 6.93. The number of thiocarbonyl (C=S) groups is 1. The van der Waals surface area contributed by atoms with E-state index in [1.54, 1.807) is 0 Å². The van der Waals surface area contributed by atoms with Crippen LogP contribution in [0.3, 0.4) is 0 Å². The van der Waals surface area contributed by atoms with Crippen LogP contribution in [0.4, 0.5) is 5.69 Å². The highest BCUT2D eigenvalue weighted by Gasteiger charge is 2.08. The van der Waals surface area contributed by atoms with Crippen LogP contribution in [-0.4, -0.2) is 24.9 Å². The Kier molecular flexibility index (Phi) is 7.15. The molecule has 0 bridgehead atoms. The zero-order valence-electron chi connectivity index (χ0n) is 12.7. The molecule has 0 heterocycles. The highest BCUT2D eigenvalue weighted by molar-refractivity contribution is 7.80. The van der Waals surface area contributed by atoms with Crippen LogP contribution in [0, 0.1) is 5.92 Å². The first-order valence-electron chi connectivity index (χ1n) is 7.01. The molecule has 2 N–H and O–H groups in total. The van der Waals surface area contributed by atoms with Gasteiger partial charge in [-0.15, -0.1) is 0 Å². The lowest BCUT2D eigenvalue weighted by atomic mass is 10.2. The van der Waals surface area contributed by atoms with Crippen molar-refractivity contribution in [2.24, 2.45) is 5.92 Å². The van der Waals surface area contributed by atoms with Gasteiger partial charge in [-0.3, -0.25) is 0 Å². The number of ether oxygens (including phenoxy) is 2.